The fourth-order valence-corrected chi connectivity index (χ4v) is 6.06. The highest BCUT2D eigenvalue weighted by molar-refractivity contribution is 6.62. The molecule has 21 heavy (non-hydrogen) atoms. The third-order valence-electron chi connectivity index (χ3n) is 4.42. The lowest BCUT2D eigenvalue weighted by Gasteiger charge is -2.51. The Balaban J connectivity index is 1.89. The molecule has 1 aromatic rings. The van der Waals surface area contributed by atoms with Gasteiger partial charge < -0.3 is 13.3 Å². The van der Waals surface area contributed by atoms with Crippen LogP contribution in [0.4, 0.5) is 0 Å². The Labute approximate surface area is 129 Å². The van der Waals surface area contributed by atoms with Crippen LogP contribution in [0.5, 0.6) is 0 Å². The summed E-state index contributed by atoms with van der Waals surface area (Å²) < 4.78 is 17.0. The molecule has 0 aromatic heterocycles. The summed E-state index contributed by atoms with van der Waals surface area (Å²) in [5.41, 5.74) is 1.68. The van der Waals surface area contributed by atoms with E-state index in [1.165, 1.54) is 5.56 Å². The van der Waals surface area contributed by atoms with Crippen LogP contribution < -0.4 is 0 Å². The van der Waals surface area contributed by atoms with Gasteiger partial charge >= 0.3 is 8.80 Å². The predicted octanol–water partition coefficient (Wildman–Crippen LogP) is 2.36. The van der Waals surface area contributed by atoms with Crippen molar-refractivity contribution in [3.05, 3.63) is 35.9 Å². The fraction of sp³-hybridized carbons (Fsp3) is 0.625. The Kier molecular flexibility index (Phi) is 5.95. The van der Waals surface area contributed by atoms with Crippen LogP contribution in [0.15, 0.2) is 30.3 Å². The van der Waals surface area contributed by atoms with Crippen LogP contribution in [-0.2, 0) is 19.7 Å². The third-order valence-corrected chi connectivity index (χ3v) is 7.79. The van der Waals surface area contributed by atoms with Gasteiger partial charge in [-0.15, -0.1) is 0 Å². The van der Waals surface area contributed by atoms with Crippen molar-refractivity contribution >= 4 is 8.80 Å². The van der Waals surface area contributed by atoms with Crippen LogP contribution in [0, 0.1) is 5.92 Å². The topological polar surface area (TPSA) is 30.9 Å². The van der Waals surface area contributed by atoms with E-state index >= 15 is 0 Å². The second-order valence-corrected chi connectivity index (χ2v) is 8.75. The lowest BCUT2D eigenvalue weighted by Crippen LogP contribution is -2.71. The zero-order chi connectivity index (χ0) is 15.3. The monoisotopic (exact) mass is 309 g/mol. The molecular formula is C16H27NO3Si. The zero-order valence-electron chi connectivity index (χ0n) is 13.5. The number of hydrogen-bond donors (Lipinski definition) is 0. The minimum atomic E-state index is -2.56. The van der Waals surface area contributed by atoms with Gasteiger partial charge in [0.2, 0.25) is 0 Å². The van der Waals surface area contributed by atoms with Crippen molar-refractivity contribution in [2.45, 2.75) is 25.4 Å². The molecule has 1 aliphatic heterocycles. The van der Waals surface area contributed by atoms with E-state index in [-0.39, 0.29) is 5.67 Å². The quantitative estimate of drug-likeness (QED) is 0.690. The van der Waals surface area contributed by atoms with Gasteiger partial charge in [-0.2, -0.15) is 0 Å². The summed E-state index contributed by atoms with van der Waals surface area (Å²) in [7, 11) is 2.54. The van der Waals surface area contributed by atoms with Crippen LogP contribution in [0.1, 0.15) is 18.9 Å². The normalized spacial score (nSPS) is 23.0. The highest BCUT2D eigenvalue weighted by Crippen LogP contribution is 2.33. The molecule has 2 rings (SSSR count). The molecule has 1 aromatic carbocycles. The Hall–Kier alpha value is -0.723. The molecular weight excluding hydrogens is 282 g/mol. The second kappa shape index (κ2) is 7.51. The first-order valence-electron chi connectivity index (χ1n) is 7.60. The van der Waals surface area contributed by atoms with Gasteiger partial charge in [0.25, 0.3) is 0 Å². The van der Waals surface area contributed by atoms with E-state index in [4.69, 9.17) is 13.3 Å². The largest absolute Gasteiger partial charge is 0.518 e. The molecule has 1 heterocycles. The van der Waals surface area contributed by atoms with Crippen molar-refractivity contribution in [2.75, 3.05) is 34.4 Å². The molecule has 0 radical (unpaired) electrons. The van der Waals surface area contributed by atoms with Gasteiger partial charge in [-0.05, 0) is 30.9 Å². The lowest BCUT2D eigenvalue weighted by molar-refractivity contribution is -0.00483. The highest BCUT2D eigenvalue weighted by Gasteiger charge is 2.57. The summed E-state index contributed by atoms with van der Waals surface area (Å²) in [4.78, 5) is 2.45. The molecule has 0 amide bonds. The fourth-order valence-electron chi connectivity index (χ4n) is 3.35. The summed E-state index contributed by atoms with van der Waals surface area (Å²) in [5, 5.41) is 0. The van der Waals surface area contributed by atoms with E-state index in [0.717, 1.165) is 25.9 Å². The molecule has 1 aliphatic rings. The zero-order valence-corrected chi connectivity index (χ0v) is 14.5. The van der Waals surface area contributed by atoms with E-state index in [1.807, 2.05) is 0 Å². The number of nitrogens with zero attached hydrogens (tertiary/aromatic N) is 1. The Morgan fingerprint density at radius 1 is 1.10 bits per heavy atom. The van der Waals surface area contributed by atoms with E-state index in [0.29, 0.717) is 5.92 Å². The van der Waals surface area contributed by atoms with Gasteiger partial charge in [0.15, 0.2) is 0 Å². The molecule has 118 valence electrons. The predicted molar refractivity (Wildman–Crippen MR) is 86.1 cm³/mol. The lowest BCUT2D eigenvalue weighted by atomic mass is 10.0. The van der Waals surface area contributed by atoms with Gasteiger partial charge in [-0.1, -0.05) is 37.3 Å². The molecule has 0 aliphatic carbocycles. The molecule has 1 saturated heterocycles. The summed E-state index contributed by atoms with van der Waals surface area (Å²) in [6.07, 6.45) is 2.26. The van der Waals surface area contributed by atoms with Gasteiger partial charge in [0.05, 0.1) is 5.67 Å². The Morgan fingerprint density at radius 3 is 2.24 bits per heavy atom. The average molecular weight is 309 g/mol. The maximum Gasteiger partial charge on any atom is 0.518 e. The first-order chi connectivity index (χ1) is 10.2. The Morgan fingerprint density at radius 2 is 1.71 bits per heavy atom. The van der Waals surface area contributed by atoms with Crippen LogP contribution in [0.25, 0.3) is 0 Å². The third kappa shape index (κ3) is 3.55. The molecule has 4 nitrogen and oxygen atoms in total. The highest BCUT2D eigenvalue weighted by atomic mass is 28.4. The van der Waals surface area contributed by atoms with E-state index in [1.54, 1.807) is 21.3 Å². The van der Waals surface area contributed by atoms with Gasteiger partial charge in [-0.3, -0.25) is 4.90 Å². The van der Waals surface area contributed by atoms with Crippen LogP contribution in [0.3, 0.4) is 0 Å². The smallest absolute Gasteiger partial charge is 0.376 e. The number of likely N-dealkylation sites (tertiary alicyclic amines) is 1. The van der Waals surface area contributed by atoms with Crippen LogP contribution in [0.2, 0.25) is 0 Å². The first kappa shape index (κ1) is 16.6. The van der Waals surface area contributed by atoms with Crippen molar-refractivity contribution in [1.82, 2.24) is 4.90 Å². The standard InChI is InChI=1S/C16H27NO3Si/c1-14-13-17(16(14)21(18-2,19-3)20-4)12-8-11-15-9-6-5-7-10-15/h5-7,9-10,14,16H,8,11-13H2,1-4H3. The molecule has 1 fully saturated rings. The number of rotatable bonds is 8. The maximum absolute atomic E-state index is 5.66. The van der Waals surface area contributed by atoms with E-state index in [9.17, 15) is 0 Å². The SMILES string of the molecule is CO[Si](OC)(OC)C1C(C)CN1CCCc1ccccc1. The van der Waals surface area contributed by atoms with E-state index in [2.05, 4.69) is 42.2 Å². The van der Waals surface area contributed by atoms with E-state index < -0.39 is 8.80 Å². The van der Waals surface area contributed by atoms with Gasteiger partial charge in [0.1, 0.15) is 0 Å². The number of benzene rings is 1. The second-order valence-electron chi connectivity index (χ2n) is 5.72. The van der Waals surface area contributed by atoms with Crippen molar-refractivity contribution in [3.63, 3.8) is 0 Å². The van der Waals surface area contributed by atoms with Crippen LogP contribution in [-0.4, -0.2) is 53.8 Å². The molecule has 2 unspecified atom stereocenters. The molecule has 0 N–H and O–H groups in total. The van der Waals surface area contributed by atoms with Crippen LogP contribution >= 0.6 is 0 Å². The maximum atomic E-state index is 5.66. The van der Waals surface area contributed by atoms with Crippen molar-refractivity contribution in [2.24, 2.45) is 5.92 Å². The minimum Gasteiger partial charge on any atom is -0.376 e. The minimum absolute atomic E-state index is 0.285. The van der Waals surface area contributed by atoms with Crippen molar-refractivity contribution < 1.29 is 13.3 Å². The van der Waals surface area contributed by atoms with Gasteiger partial charge in [-0.25, -0.2) is 0 Å². The van der Waals surface area contributed by atoms with Crippen molar-refractivity contribution in [3.8, 4) is 0 Å². The van der Waals surface area contributed by atoms with Gasteiger partial charge in [0, 0.05) is 27.9 Å². The average Bonchev–Trinajstić information content (AvgIpc) is 2.52. The van der Waals surface area contributed by atoms with Crippen molar-refractivity contribution in [1.29, 1.82) is 0 Å². The summed E-state index contributed by atoms with van der Waals surface area (Å²) >= 11 is 0. The summed E-state index contributed by atoms with van der Waals surface area (Å²) in [6, 6.07) is 10.6. The molecule has 0 bridgehead atoms. The number of hydrogen-bond acceptors (Lipinski definition) is 4. The first-order valence-corrected chi connectivity index (χ1v) is 9.40. The summed E-state index contributed by atoms with van der Waals surface area (Å²) in [5.74, 6) is 0.563. The molecule has 0 saturated carbocycles. The number of aryl methyl sites for hydroxylation is 1. The molecule has 5 heteroatoms. The summed E-state index contributed by atoms with van der Waals surface area (Å²) in [6.45, 7) is 4.41. The molecule has 0 spiro atoms. The Bertz CT molecular complexity index is 417. The molecule has 2 atom stereocenters.